The van der Waals surface area contributed by atoms with Crippen LogP contribution < -0.4 is 0 Å². The summed E-state index contributed by atoms with van der Waals surface area (Å²) in [4.78, 5) is 0. The van der Waals surface area contributed by atoms with Crippen molar-refractivity contribution >= 4 is 11.3 Å². The third kappa shape index (κ3) is 3.57. The Morgan fingerprint density at radius 3 is 2.09 bits per heavy atom. The van der Waals surface area contributed by atoms with Crippen LogP contribution in [0.15, 0.2) is 16.8 Å². The highest BCUT2D eigenvalue weighted by Gasteiger charge is 2.12. The molecule has 0 aromatic carbocycles. The molecule has 1 heteroatoms. The molecule has 11 heavy (non-hydrogen) atoms. The molecule has 64 valence electrons. The zero-order chi connectivity index (χ0) is 9.78. The predicted molar refractivity (Wildman–Crippen MR) is 54.4 cm³/mol. The Kier molecular flexibility index (Phi) is 3.64. The van der Waals surface area contributed by atoms with Gasteiger partial charge in [-0.3, -0.25) is 0 Å². The number of hydrogen-bond acceptors (Lipinski definition) is 1. The van der Waals surface area contributed by atoms with Gasteiger partial charge < -0.3 is 0 Å². The zero-order valence-electron chi connectivity index (χ0n) is 9.06. The molecule has 0 saturated heterocycles. The van der Waals surface area contributed by atoms with E-state index in [1.165, 1.54) is 11.3 Å². The van der Waals surface area contributed by atoms with E-state index < -0.39 is 0 Å². The van der Waals surface area contributed by atoms with E-state index in [2.05, 4.69) is 20.8 Å². The van der Waals surface area contributed by atoms with Crippen LogP contribution in [0.5, 0.6) is 0 Å². The van der Waals surface area contributed by atoms with Crippen LogP contribution in [0.4, 0.5) is 0 Å². The topological polar surface area (TPSA) is 0 Å². The molecule has 0 amide bonds. The summed E-state index contributed by atoms with van der Waals surface area (Å²) >= 11 is 1.50. The second-order valence-corrected chi connectivity index (χ2v) is 3.90. The Morgan fingerprint density at radius 2 is 1.91 bits per heavy atom. The summed E-state index contributed by atoms with van der Waals surface area (Å²) in [6.07, 6.45) is 0. The third-order valence-corrected chi connectivity index (χ3v) is 1.89. The van der Waals surface area contributed by atoms with Gasteiger partial charge in [-0.05, 0) is 27.8 Å². The first-order valence-corrected chi connectivity index (χ1v) is 4.94. The molecule has 0 aliphatic heterocycles. The fraction of sp³-hybridized carbons (Fsp3) is 0.600. The Labute approximate surface area is 75.7 Å². The van der Waals surface area contributed by atoms with Crippen molar-refractivity contribution in [2.24, 2.45) is 0 Å². The monoisotopic (exact) mass is 171 g/mol. The lowest BCUT2D eigenvalue weighted by Crippen LogP contribution is -2.08. The van der Waals surface area contributed by atoms with E-state index in [9.17, 15) is 0 Å². The van der Waals surface area contributed by atoms with Crippen LogP contribution in [0.25, 0.3) is 0 Å². The van der Waals surface area contributed by atoms with E-state index in [-0.39, 0.29) is 5.41 Å². The fourth-order valence-corrected chi connectivity index (χ4v) is 1.41. The molecule has 0 unspecified atom stereocenters. The van der Waals surface area contributed by atoms with Gasteiger partial charge in [-0.1, -0.05) is 34.6 Å². The van der Waals surface area contributed by atoms with Crippen LogP contribution in [0.3, 0.4) is 0 Å². The van der Waals surface area contributed by atoms with Crippen molar-refractivity contribution in [1.82, 2.24) is 0 Å². The molecule has 0 aliphatic carbocycles. The summed E-state index contributed by atoms with van der Waals surface area (Å²) in [6.45, 7) is 10.4. The second-order valence-electron chi connectivity index (χ2n) is 3.19. The average Bonchev–Trinajstić information content (AvgIpc) is 2.38. The molecule has 0 nitrogen and oxygen atoms in total. The van der Waals surface area contributed by atoms with Gasteiger partial charge in [-0.15, -0.1) is 0 Å². The van der Waals surface area contributed by atoms with Gasteiger partial charge in [0.2, 0.25) is 0 Å². The van der Waals surface area contributed by atoms with Crippen LogP contribution in [0.2, 0.25) is 0 Å². The van der Waals surface area contributed by atoms with Crippen LogP contribution in [-0.4, -0.2) is 0 Å². The Bertz CT molecular complexity index is 220. The Balaban J connectivity index is 0.000000561. The number of thiophene rings is 1. The molecule has 0 radical (unpaired) electrons. The minimum atomic E-state index is 0.136. The Hall–Kier alpha value is -0.300. The third-order valence-electron chi connectivity index (χ3n) is 1.28. The predicted octanol–water partition coefficient (Wildman–Crippen LogP) is 4.07. The lowest BCUT2D eigenvalue weighted by molar-refractivity contribution is 0.593. The molecule has 0 spiro atoms. The van der Waals surface area contributed by atoms with Crippen LogP contribution >= 0.6 is 11.3 Å². The first-order chi connectivity index (χ1) is 5.52. The zero-order valence-corrected chi connectivity index (χ0v) is 8.88. The largest absolute Gasteiger partial charge is 0.152 e. The number of rotatable bonds is 0. The fourth-order valence-electron chi connectivity index (χ4n) is 0.637. The van der Waals surface area contributed by atoms with Gasteiger partial charge in [0.15, 0.2) is 0 Å². The average molecular weight is 171 g/mol. The number of hydrogen-bond donors (Lipinski definition) is 0. The summed E-state index contributed by atoms with van der Waals surface area (Å²) in [6, 6.07) is 2.03. The molecule has 1 aromatic rings. The smallest absolute Gasteiger partial charge is 0.0743 e. The minimum absolute atomic E-state index is 0.136. The van der Waals surface area contributed by atoms with Crippen molar-refractivity contribution in [3.63, 3.8) is 0 Å². The van der Waals surface area contributed by atoms with E-state index in [0.29, 0.717) is 5.36 Å². The van der Waals surface area contributed by atoms with E-state index in [4.69, 9.17) is 1.37 Å². The maximum Gasteiger partial charge on any atom is 0.0743 e. The molecular formula is C10H18S. The summed E-state index contributed by atoms with van der Waals surface area (Å²) in [5.74, 6) is 0. The van der Waals surface area contributed by atoms with Crippen molar-refractivity contribution in [2.45, 2.75) is 40.0 Å². The summed E-state index contributed by atoms with van der Waals surface area (Å²) in [5, 5.41) is 2.68. The van der Waals surface area contributed by atoms with E-state index >= 15 is 0 Å². The highest BCUT2D eigenvalue weighted by atomic mass is 32.1. The molecule has 0 bridgehead atoms. The summed E-state index contributed by atoms with van der Waals surface area (Å²) in [5.41, 5.74) is 1.29. The van der Waals surface area contributed by atoms with E-state index in [1.54, 1.807) is 0 Å². The van der Waals surface area contributed by atoms with E-state index in [0.717, 1.165) is 5.56 Å². The van der Waals surface area contributed by atoms with Crippen molar-refractivity contribution < 1.29 is 1.37 Å². The maximum atomic E-state index is 7.52. The molecular weight excluding hydrogens is 152 g/mol. The Morgan fingerprint density at radius 1 is 1.36 bits per heavy atom. The molecule has 1 aromatic heterocycles. The van der Waals surface area contributed by atoms with Gasteiger partial charge in [-0.2, -0.15) is 11.3 Å². The van der Waals surface area contributed by atoms with Crippen LogP contribution in [-0.2, 0) is 5.41 Å². The van der Waals surface area contributed by atoms with Crippen molar-refractivity contribution in [2.75, 3.05) is 0 Å². The normalized spacial score (nSPS) is 11.5. The maximum absolute atomic E-state index is 7.52. The van der Waals surface area contributed by atoms with Gasteiger partial charge in [0.1, 0.15) is 0 Å². The lowest BCUT2D eigenvalue weighted by Gasteiger charge is -2.15. The quantitative estimate of drug-likeness (QED) is 0.552. The molecule has 1 rings (SSSR count). The van der Waals surface area contributed by atoms with Crippen molar-refractivity contribution in [3.8, 4) is 0 Å². The molecule has 0 saturated carbocycles. The van der Waals surface area contributed by atoms with Gasteiger partial charge in [0, 0.05) is 0 Å². The SMILES string of the molecule is CC.[2H]c1sccc1C(C)(C)C. The molecule has 0 fully saturated rings. The molecule has 1 heterocycles. The second kappa shape index (κ2) is 4.55. The first kappa shape index (κ1) is 8.79. The first-order valence-electron chi connectivity index (χ1n) is 4.56. The molecule has 0 atom stereocenters. The standard InChI is InChI=1S/C8H12S.C2H6/c1-8(2,3)7-4-5-9-6-7;1-2/h4-6H,1-3H3;1-2H3/i6D;. The highest BCUT2D eigenvalue weighted by Crippen LogP contribution is 2.23. The van der Waals surface area contributed by atoms with Gasteiger partial charge in [-0.25, -0.2) is 0 Å². The van der Waals surface area contributed by atoms with Crippen molar-refractivity contribution in [3.05, 3.63) is 22.4 Å². The van der Waals surface area contributed by atoms with Gasteiger partial charge in [0.25, 0.3) is 0 Å². The lowest BCUT2D eigenvalue weighted by atomic mass is 9.90. The molecule has 0 N–H and O–H groups in total. The van der Waals surface area contributed by atoms with Gasteiger partial charge >= 0.3 is 0 Å². The van der Waals surface area contributed by atoms with Crippen LogP contribution in [0, 0.1) is 0 Å². The van der Waals surface area contributed by atoms with Crippen LogP contribution in [0.1, 0.15) is 41.6 Å². The highest BCUT2D eigenvalue weighted by molar-refractivity contribution is 7.08. The summed E-state index contributed by atoms with van der Waals surface area (Å²) in [7, 11) is 0. The van der Waals surface area contributed by atoms with E-state index in [1.807, 2.05) is 25.3 Å². The van der Waals surface area contributed by atoms with Crippen molar-refractivity contribution in [1.29, 1.82) is 0 Å². The summed E-state index contributed by atoms with van der Waals surface area (Å²) < 4.78 is 7.52. The minimum Gasteiger partial charge on any atom is -0.152 e. The molecule has 0 aliphatic rings. The van der Waals surface area contributed by atoms with Gasteiger partial charge in [0.05, 0.1) is 1.37 Å².